The Kier molecular flexibility index (Phi) is 3.01. The van der Waals surface area contributed by atoms with Crippen LogP contribution in [0.2, 0.25) is 0 Å². The van der Waals surface area contributed by atoms with E-state index in [-0.39, 0.29) is 19.1 Å². The van der Waals surface area contributed by atoms with Gasteiger partial charge in [-0.15, -0.1) is 0 Å². The molecule has 1 heterocycles. The molecule has 4 N–H and O–H groups in total. The molecule has 1 aliphatic rings. The highest BCUT2D eigenvalue weighted by Crippen LogP contribution is 2.21. The average molecular weight is 211 g/mol. The quantitative estimate of drug-likeness (QED) is 0.610. The Balaban J connectivity index is 2.57. The first-order valence-corrected chi connectivity index (χ1v) is 4.19. The molecule has 0 saturated carbocycles. The van der Waals surface area contributed by atoms with Gasteiger partial charge in [0.1, 0.15) is 0 Å². The first kappa shape index (κ1) is 11.3. The number of alkyl halides is 3. The third kappa shape index (κ3) is 2.36. The van der Waals surface area contributed by atoms with E-state index in [1.165, 1.54) is 0 Å². The van der Waals surface area contributed by atoms with Crippen LogP contribution in [-0.2, 0) is 4.79 Å². The minimum absolute atomic E-state index is 0.155. The van der Waals surface area contributed by atoms with Crippen molar-refractivity contribution in [1.29, 1.82) is 0 Å². The van der Waals surface area contributed by atoms with Gasteiger partial charge < -0.3 is 16.4 Å². The number of rotatable bonds is 1. The first-order chi connectivity index (χ1) is 6.32. The zero-order valence-electron chi connectivity index (χ0n) is 7.42. The Hall–Kier alpha value is -0.820. The SMILES string of the molecule is NC1CCN(C(=O)C(N)C(F)(F)F)C1. The maximum atomic E-state index is 12.0. The van der Waals surface area contributed by atoms with Crippen molar-refractivity contribution in [1.82, 2.24) is 4.90 Å². The van der Waals surface area contributed by atoms with E-state index < -0.39 is 18.1 Å². The van der Waals surface area contributed by atoms with E-state index in [1.807, 2.05) is 0 Å². The zero-order chi connectivity index (χ0) is 10.9. The van der Waals surface area contributed by atoms with Crippen molar-refractivity contribution in [2.24, 2.45) is 11.5 Å². The summed E-state index contributed by atoms with van der Waals surface area (Å²) in [5.41, 5.74) is 10.2. The molecule has 1 saturated heterocycles. The third-order valence-electron chi connectivity index (χ3n) is 2.16. The van der Waals surface area contributed by atoms with E-state index >= 15 is 0 Å². The topological polar surface area (TPSA) is 72.3 Å². The van der Waals surface area contributed by atoms with Gasteiger partial charge in [-0.2, -0.15) is 13.2 Å². The summed E-state index contributed by atoms with van der Waals surface area (Å²) in [7, 11) is 0. The van der Waals surface area contributed by atoms with Crippen molar-refractivity contribution in [2.75, 3.05) is 13.1 Å². The van der Waals surface area contributed by atoms with Gasteiger partial charge in [0.15, 0.2) is 6.04 Å². The van der Waals surface area contributed by atoms with E-state index in [2.05, 4.69) is 0 Å². The Bertz CT molecular complexity index is 231. The van der Waals surface area contributed by atoms with Crippen molar-refractivity contribution in [3.05, 3.63) is 0 Å². The van der Waals surface area contributed by atoms with E-state index in [0.717, 1.165) is 4.90 Å². The van der Waals surface area contributed by atoms with Crippen LogP contribution >= 0.6 is 0 Å². The number of hydrogen-bond donors (Lipinski definition) is 2. The summed E-state index contributed by atoms with van der Waals surface area (Å²) in [5, 5.41) is 0. The van der Waals surface area contributed by atoms with Gasteiger partial charge in [0, 0.05) is 19.1 Å². The second kappa shape index (κ2) is 3.74. The number of nitrogens with zero attached hydrogens (tertiary/aromatic N) is 1. The van der Waals surface area contributed by atoms with E-state index in [1.54, 1.807) is 0 Å². The van der Waals surface area contributed by atoms with Gasteiger partial charge in [-0.05, 0) is 6.42 Å². The molecular weight excluding hydrogens is 199 g/mol. The number of likely N-dealkylation sites (tertiary alicyclic amines) is 1. The van der Waals surface area contributed by atoms with Gasteiger partial charge in [0.2, 0.25) is 5.91 Å². The summed E-state index contributed by atoms with van der Waals surface area (Å²) in [5.74, 6) is -1.09. The van der Waals surface area contributed by atoms with E-state index in [9.17, 15) is 18.0 Å². The molecule has 0 bridgehead atoms. The molecule has 0 aromatic rings. The van der Waals surface area contributed by atoms with Crippen LogP contribution in [0.25, 0.3) is 0 Å². The molecule has 7 heteroatoms. The van der Waals surface area contributed by atoms with Crippen LogP contribution < -0.4 is 11.5 Å². The fourth-order valence-corrected chi connectivity index (χ4v) is 1.32. The van der Waals surface area contributed by atoms with Crippen molar-refractivity contribution in [3.8, 4) is 0 Å². The zero-order valence-corrected chi connectivity index (χ0v) is 7.42. The summed E-state index contributed by atoms with van der Waals surface area (Å²) in [4.78, 5) is 12.2. The van der Waals surface area contributed by atoms with Crippen LogP contribution in [0.1, 0.15) is 6.42 Å². The molecule has 0 aromatic heterocycles. The van der Waals surface area contributed by atoms with Gasteiger partial charge >= 0.3 is 6.18 Å². The van der Waals surface area contributed by atoms with Gasteiger partial charge in [0.05, 0.1) is 0 Å². The lowest BCUT2D eigenvalue weighted by Crippen LogP contribution is -2.51. The number of nitrogens with two attached hydrogens (primary N) is 2. The molecule has 0 aliphatic carbocycles. The molecule has 2 unspecified atom stereocenters. The van der Waals surface area contributed by atoms with Crippen molar-refractivity contribution < 1.29 is 18.0 Å². The van der Waals surface area contributed by atoms with Crippen LogP contribution in [-0.4, -0.2) is 42.2 Å². The minimum atomic E-state index is -4.68. The van der Waals surface area contributed by atoms with Crippen molar-refractivity contribution in [2.45, 2.75) is 24.7 Å². The molecule has 14 heavy (non-hydrogen) atoms. The smallest absolute Gasteiger partial charge is 0.339 e. The molecule has 0 spiro atoms. The van der Waals surface area contributed by atoms with Crippen LogP contribution in [0.15, 0.2) is 0 Å². The monoisotopic (exact) mass is 211 g/mol. The van der Waals surface area contributed by atoms with Crippen LogP contribution in [0.5, 0.6) is 0 Å². The normalized spacial score (nSPS) is 25.2. The lowest BCUT2D eigenvalue weighted by molar-refractivity contribution is -0.169. The number of halogens is 3. The van der Waals surface area contributed by atoms with Gasteiger partial charge in [-0.25, -0.2) is 0 Å². The average Bonchev–Trinajstić information content (AvgIpc) is 2.47. The molecule has 1 rings (SSSR count). The standard InChI is InChI=1S/C7H12F3N3O/c8-7(9,10)5(12)6(14)13-2-1-4(11)3-13/h4-5H,1-3,11-12H2. The second-order valence-electron chi connectivity index (χ2n) is 3.35. The first-order valence-electron chi connectivity index (χ1n) is 4.19. The van der Waals surface area contributed by atoms with Gasteiger partial charge in [-0.1, -0.05) is 0 Å². The van der Waals surface area contributed by atoms with Gasteiger partial charge in [-0.3, -0.25) is 4.79 Å². The molecule has 4 nitrogen and oxygen atoms in total. The Morgan fingerprint density at radius 2 is 2.07 bits per heavy atom. The highest BCUT2D eigenvalue weighted by atomic mass is 19.4. The predicted octanol–water partition coefficient (Wildman–Crippen LogP) is -0.564. The molecule has 0 radical (unpaired) electrons. The number of carbonyl (C=O) groups excluding carboxylic acids is 1. The number of carbonyl (C=O) groups is 1. The largest absolute Gasteiger partial charge is 0.412 e. The molecule has 1 amide bonds. The van der Waals surface area contributed by atoms with Crippen LogP contribution in [0.4, 0.5) is 13.2 Å². The lowest BCUT2D eigenvalue weighted by atomic mass is 10.2. The maximum absolute atomic E-state index is 12.0. The summed E-state index contributed by atoms with van der Waals surface area (Å²) in [6.07, 6.45) is -4.15. The van der Waals surface area contributed by atoms with Gasteiger partial charge in [0.25, 0.3) is 0 Å². The summed E-state index contributed by atoms with van der Waals surface area (Å²) in [6, 6.07) is -2.66. The summed E-state index contributed by atoms with van der Waals surface area (Å²) >= 11 is 0. The summed E-state index contributed by atoms with van der Waals surface area (Å²) < 4.78 is 36.1. The lowest BCUT2D eigenvalue weighted by Gasteiger charge is -2.21. The van der Waals surface area contributed by atoms with Crippen molar-refractivity contribution in [3.63, 3.8) is 0 Å². The fourth-order valence-electron chi connectivity index (χ4n) is 1.32. The summed E-state index contributed by atoms with van der Waals surface area (Å²) in [6.45, 7) is 0.409. The van der Waals surface area contributed by atoms with E-state index in [0.29, 0.717) is 6.42 Å². The Morgan fingerprint density at radius 1 is 1.50 bits per heavy atom. The molecule has 1 aliphatic heterocycles. The highest BCUT2D eigenvalue weighted by molar-refractivity contribution is 5.82. The van der Waals surface area contributed by atoms with Crippen molar-refractivity contribution >= 4 is 5.91 Å². The second-order valence-corrected chi connectivity index (χ2v) is 3.35. The minimum Gasteiger partial charge on any atom is -0.339 e. The Morgan fingerprint density at radius 3 is 2.43 bits per heavy atom. The molecule has 82 valence electrons. The fraction of sp³-hybridized carbons (Fsp3) is 0.857. The third-order valence-corrected chi connectivity index (χ3v) is 2.16. The van der Waals surface area contributed by atoms with E-state index in [4.69, 9.17) is 11.5 Å². The highest BCUT2D eigenvalue weighted by Gasteiger charge is 2.44. The molecule has 2 atom stereocenters. The maximum Gasteiger partial charge on any atom is 0.412 e. The number of amides is 1. The molecular formula is C7H12F3N3O. The predicted molar refractivity (Wildman–Crippen MR) is 43.2 cm³/mol. The number of hydrogen-bond acceptors (Lipinski definition) is 3. The molecule has 1 fully saturated rings. The molecule has 0 aromatic carbocycles. The van der Waals surface area contributed by atoms with Crippen LogP contribution in [0.3, 0.4) is 0 Å². The Labute approximate surface area is 79.0 Å². The van der Waals surface area contributed by atoms with Crippen LogP contribution in [0, 0.1) is 0 Å².